The molecule has 1 amide bonds. The van der Waals surface area contributed by atoms with Gasteiger partial charge in [0, 0.05) is 42.9 Å². The first kappa shape index (κ1) is 12.8. The Morgan fingerprint density at radius 1 is 1.36 bits per heavy atom. The van der Waals surface area contributed by atoms with Crippen molar-refractivity contribution in [3.63, 3.8) is 0 Å². The van der Waals surface area contributed by atoms with E-state index in [1.165, 1.54) is 6.08 Å². The molecular formula is C16H14N4O2. The lowest BCUT2D eigenvalue weighted by molar-refractivity contribution is -0.126. The second kappa shape index (κ2) is 5.14. The highest BCUT2D eigenvalue weighted by atomic mass is 16.3. The van der Waals surface area contributed by atoms with Gasteiger partial charge in [0.15, 0.2) is 5.58 Å². The molecule has 0 bridgehead atoms. The van der Waals surface area contributed by atoms with Crippen molar-refractivity contribution in [2.24, 2.45) is 0 Å². The molecule has 1 aromatic carbocycles. The molecule has 22 heavy (non-hydrogen) atoms. The topological polar surface area (TPSA) is 75.0 Å². The predicted molar refractivity (Wildman–Crippen MR) is 80.8 cm³/mol. The maximum atomic E-state index is 12.3. The molecule has 0 spiro atoms. The van der Waals surface area contributed by atoms with Crippen LogP contribution >= 0.6 is 0 Å². The van der Waals surface area contributed by atoms with E-state index in [1.807, 2.05) is 24.3 Å². The minimum absolute atomic E-state index is 0.0471. The van der Waals surface area contributed by atoms with E-state index >= 15 is 0 Å². The summed E-state index contributed by atoms with van der Waals surface area (Å²) in [4.78, 5) is 18.4. The molecule has 0 atom stereocenters. The van der Waals surface area contributed by atoms with Crippen molar-refractivity contribution in [1.82, 2.24) is 20.1 Å². The summed E-state index contributed by atoms with van der Waals surface area (Å²) in [6.07, 6.45) is 5.71. The van der Waals surface area contributed by atoms with Crippen LogP contribution in [0.1, 0.15) is 17.1 Å². The van der Waals surface area contributed by atoms with Gasteiger partial charge in [0.25, 0.3) is 0 Å². The molecule has 0 radical (unpaired) electrons. The second-order valence-corrected chi connectivity index (χ2v) is 5.24. The first-order valence-corrected chi connectivity index (χ1v) is 7.13. The van der Waals surface area contributed by atoms with Crippen LogP contribution in [0.5, 0.6) is 0 Å². The van der Waals surface area contributed by atoms with E-state index in [0.717, 1.165) is 28.8 Å². The Balaban J connectivity index is 1.49. The third-order valence-corrected chi connectivity index (χ3v) is 3.79. The number of carbonyl (C=O) groups is 1. The van der Waals surface area contributed by atoms with Gasteiger partial charge in [-0.3, -0.25) is 9.89 Å². The normalized spacial score (nSPS) is 14.6. The van der Waals surface area contributed by atoms with Crippen LogP contribution in [0.3, 0.4) is 0 Å². The lowest BCUT2D eigenvalue weighted by atomic mass is 10.1. The molecule has 1 N–H and O–H groups in total. The molecule has 6 heteroatoms. The van der Waals surface area contributed by atoms with Crippen LogP contribution in [-0.2, 0) is 17.8 Å². The zero-order valence-electron chi connectivity index (χ0n) is 11.8. The third kappa shape index (κ3) is 2.28. The fraction of sp³-hybridized carbons (Fsp3) is 0.188. The zero-order chi connectivity index (χ0) is 14.9. The van der Waals surface area contributed by atoms with Crippen LogP contribution in [0.4, 0.5) is 0 Å². The molecular weight excluding hydrogens is 280 g/mol. The molecule has 1 aliphatic rings. The number of nitrogens with zero attached hydrogens (tertiary/aromatic N) is 3. The highest BCUT2D eigenvalue weighted by molar-refractivity contribution is 5.91. The van der Waals surface area contributed by atoms with Crippen LogP contribution in [-0.4, -0.2) is 32.5 Å². The summed E-state index contributed by atoms with van der Waals surface area (Å²) in [6.45, 7) is 1.27. The van der Waals surface area contributed by atoms with Gasteiger partial charge in [0.05, 0.1) is 6.20 Å². The number of benzene rings is 1. The Morgan fingerprint density at radius 3 is 3.18 bits per heavy atom. The van der Waals surface area contributed by atoms with Gasteiger partial charge in [0.1, 0.15) is 5.52 Å². The summed E-state index contributed by atoms with van der Waals surface area (Å²) in [5.41, 5.74) is 3.70. The van der Waals surface area contributed by atoms with Crippen LogP contribution in [0, 0.1) is 0 Å². The Hall–Kier alpha value is -2.89. The molecule has 0 saturated carbocycles. The summed E-state index contributed by atoms with van der Waals surface area (Å²) < 4.78 is 5.57. The number of rotatable bonds is 2. The number of nitrogens with one attached hydrogen (secondary N) is 1. The number of hydrogen-bond acceptors (Lipinski definition) is 4. The largest absolute Gasteiger partial charge is 0.437 e. The first-order chi connectivity index (χ1) is 10.8. The second-order valence-electron chi connectivity index (χ2n) is 5.24. The molecule has 0 saturated heterocycles. The Kier molecular flexibility index (Phi) is 3.00. The van der Waals surface area contributed by atoms with Gasteiger partial charge >= 0.3 is 0 Å². The molecule has 0 fully saturated rings. The lowest BCUT2D eigenvalue weighted by Gasteiger charge is -2.25. The standard InChI is InChI=1S/C16H14N4O2/c21-16(20-8-7-12-11(10-20)9-17-19-12)6-5-15-18-13-3-1-2-4-14(13)22-15/h1-6,9H,7-8,10H2,(H,17,19). The molecule has 1 aliphatic heterocycles. The monoisotopic (exact) mass is 294 g/mol. The number of aromatic amines is 1. The van der Waals surface area contributed by atoms with Gasteiger partial charge in [-0.2, -0.15) is 5.10 Å². The smallest absolute Gasteiger partial charge is 0.247 e. The number of para-hydroxylation sites is 2. The van der Waals surface area contributed by atoms with Crippen molar-refractivity contribution in [2.45, 2.75) is 13.0 Å². The van der Waals surface area contributed by atoms with Gasteiger partial charge in [0.2, 0.25) is 11.8 Å². The van der Waals surface area contributed by atoms with Crippen LogP contribution < -0.4 is 0 Å². The number of oxazole rings is 1. The molecule has 0 aliphatic carbocycles. The van der Waals surface area contributed by atoms with Gasteiger partial charge in [-0.05, 0) is 12.1 Å². The summed E-state index contributed by atoms with van der Waals surface area (Å²) in [5, 5.41) is 6.97. The fourth-order valence-electron chi connectivity index (χ4n) is 2.62. The maximum absolute atomic E-state index is 12.3. The average molecular weight is 294 g/mol. The first-order valence-electron chi connectivity index (χ1n) is 7.13. The highest BCUT2D eigenvalue weighted by Crippen LogP contribution is 2.18. The Labute approximate surface area is 126 Å². The minimum atomic E-state index is -0.0471. The van der Waals surface area contributed by atoms with E-state index in [2.05, 4.69) is 15.2 Å². The van der Waals surface area contributed by atoms with Crippen LogP contribution in [0.2, 0.25) is 0 Å². The van der Waals surface area contributed by atoms with Crippen molar-refractivity contribution in [3.8, 4) is 0 Å². The van der Waals surface area contributed by atoms with Crippen molar-refractivity contribution in [2.75, 3.05) is 6.54 Å². The van der Waals surface area contributed by atoms with Crippen molar-refractivity contribution in [3.05, 3.63) is 53.7 Å². The molecule has 3 heterocycles. The summed E-state index contributed by atoms with van der Waals surface area (Å²) in [5.74, 6) is 0.393. The number of fused-ring (bicyclic) bond motifs is 2. The van der Waals surface area contributed by atoms with E-state index < -0.39 is 0 Å². The van der Waals surface area contributed by atoms with Crippen LogP contribution in [0.25, 0.3) is 17.2 Å². The van der Waals surface area contributed by atoms with E-state index in [-0.39, 0.29) is 5.91 Å². The SMILES string of the molecule is O=C(C=Cc1nc2ccccc2o1)N1CCc2[nH]ncc2C1. The molecule has 2 aromatic heterocycles. The average Bonchev–Trinajstić information content (AvgIpc) is 3.17. The van der Waals surface area contributed by atoms with Gasteiger partial charge < -0.3 is 9.32 Å². The van der Waals surface area contributed by atoms with Gasteiger partial charge in [-0.15, -0.1) is 0 Å². The number of hydrogen-bond donors (Lipinski definition) is 1. The quantitative estimate of drug-likeness (QED) is 0.735. The van der Waals surface area contributed by atoms with Crippen molar-refractivity contribution >= 4 is 23.1 Å². The van der Waals surface area contributed by atoms with E-state index in [1.54, 1.807) is 17.2 Å². The van der Waals surface area contributed by atoms with Crippen molar-refractivity contribution in [1.29, 1.82) is 0 Å². The zero-order valence-corrected chi connectivity index (χ0v) is 11.8. The van der Waals surface area contributed by atoms with Gasteiger partial charge in [-0.25, -0.2) is 4.98 Å². The summed E-state index contributed by atoms with van der Waals surface area (Å²) >= 11 is 0. The van der Waals surface area contributed by atoms with Crippen molar-refractivity contribution < 1.29 is 9.21 Å². The number of carbonyl (C=O) groups excluding carboxylic acids is 1. The van der Waals surface area contributed by atoms with E-state index in [9.17, 15) is 4.79 Å². The lowest BCUT2D eigenvalue weighted by Crippen LogP contribution is -2.34. The minimum Gasteiger partial charge on any atom is -0.437 e. The Morgan fingerprint density at radius 2 is 2.27 bits per heavy atom. The van der Waals surface area contributed by atoms with Crippen LogP contribution in [0.15, 0.2) is 41.0 Å². The Bertz CT molecular complexity index is 829. The summed E-state index contributed by atoms with van der Waals surface area (Å²) in [7, 11) is 0. The van der Waals surface area contributed by atoms with E-state index in [4.69, 9.17) is 4.42 Å². The molecule has 6 nitrogen and oxygen atoms in total. The maximum Gasteiger partial charge on any atom is 0.247 e. The molecule has 0 unspecified atom stereocenters. The fourth-order valence-corrected chi connectivity index (χ4v) is 2.62. The molecule has 3 aromatic rings. The summed E-state index contributed by atoms with van der Waals surface area (Å²) in [6, 6.07) is 7.53. The highest BCUT2D eigenvalue weighted by Gasteiger charge is 2.20. The molecule has 4 rings (SSSR count). The third-order valence-electron chi connectivity index (χ3n) is 3.79. The number of H-pyrrole nitrogens is 1. The predicted octanol–water partition coefficient (Wildman–Crippen LogP) is 2.15. The molecule has 110 valence electrons. The number of aromatic nitrogens is 3. The van der Waals surface area contributed by atoms with E-state index in [0.29, 0.717) is 19.0 Å². The number of amides is 1. The van der Waals surface area contributed by atoms with Gasteiger partial charge in [-0.1, -0.05) is 12.1 Å².